The van der Waals surface area contributed by atoms with E-state index in [-0.39, 0.29) is 0 Å². The lowest BCUT2D eigenvalue weighted by molar-refractivity contribution is 0.112. The summed E-state index contributed by atoms with van der Waals surface area (Å²) in [6, 6.07) is 10.2. The number of hydrogen-bond donors (Lipinski definition) is 1. The van der Waals surface area contributed by atoms with Gasteiger partial charge in [0.25, 0.3) is 0 Å². The lowest BCUT2D eigenvalue weighted by Gasteiger charge is -2.34. The third-order valence-electron chi connectivity index (χ3n) is 5.70. The van der Waals surface area contributed by atoms with E-state index in [1.54, 1.807) is 0 Å². The van der Waals surface area contributed by atoms with Gasteiger partial charge in [0.1, 0.15) is 6.29 Å². The minimum absolute atomic E-state index is 0.509. The number of rotatable bonds is 5. The number of nitrogens with zero attached hydrogens (tertiary/aromatic N) is 1. The Morgan fingerprint density at radius 1 is 1.29 bits per heavy atom. The van der Waals surface area contributed by atoms with Crippen molar-refractivity contribution in [2.24, 2.45) is 11.8 Å². The molecule has 1 N–H and O–H groups in total. The molecule has 3 heterocycles. The zero-order valence-corrected chi connectivity index (χ0v) is 12.6. The van der Waals surface area contributed by atoms with Crippen molar-refractivity contribution in [3.05, 3.63) is 47.5 Å². The van der Waals surface area contributed by atoms with Crippen LogP contribution in [0.1, 0.15) is 28.8 Å². The molecule has 0 amide bonds. The van der Waals surface area contributed by atoms with Crippen LogP contribution in [0.4, 0.5) is 0 Å². The molecular weight excluding hydrogens is 260 g/mol. The largest absolute Gasteiger partial charge is 0.319 e. The van der Waals surface area contributed by atoms with Gasteiger partial charge in [-0.25, -0.2) is 0 Å². The summed E-state index contributed by atoms with van der Waals surface area (Å²) in [5.41, 5.74) is 2.11. The Bertz CT molecular complexity index is 579. The molecule has 0 spiro atoms. The second kappa shape index (κ2) is 4.79. The molecular formula is C18H22N2O. The second-order valence-electron chi connectivity index (χ2n) is 6.68. The Kier molecular flexibility index (Phi) is 3.02. The van der Waals surface area contributed by atoms with Crippen LogP contribution in [0.2, 0.25) is 0 Å². The molecule has 21 heavy (non-hydrogen) atoms. The summed E-state index contributed by atoms with van der Waals surface area (Å²) in [4.78, 5) is 13.5. The van der Waals surface area contributed by atoms with Gasteiger partial charge in [-0.3, -0.25) is 9.69 Å². The Balaban J connectivity index is 1.59. The number of carbonyl (C=O) groups excluding carboxylic acids is 1. The number of benzene rings is 1. The Labute approximate surface area is 126 Å². The van der Waals surface area contributed by atoms with Crippen molar-refractivity contribution in [1.29, 1.82) is 0 Å². The SMILES string of the molecule is CNCC1C2C=CC3C1N3C2C(C)c1ccc(C=O)cc1. The maximum atomic E-state index is 10.8. The number of aldehydes is 1. The Morgan fingerprint density at radius 3 is 2.71 bits per heavy atom. The van der Waals surface area contributed by atoms with Gasteiger partial charge < -0.3 is 5.32 Å². The standard InChI is InChI=1S/C18H22N2O/c1-11(13-5-3-12(10-21)4-6-13)17-14-7-8-16-18(20(16)17)15(14)9-19-2/h3-8,10-11,14-19H,9H2,1-2H3. The van der Waals surface area contributed by atoms with Gasteiger partial charge in [-0.1, -0.05) is 43.3 Å². The van der Waals surface area contributed by atoms with Crippen LogP contribution in [0.5, 0.6) is 0 Å². The second-order valence-corrected chi connectivity index (χ2v) is 6.68. The van der Waals surface area contributed by atoms with Crippen molar-refractivity contribution in [3.63, 3.8) is 0 Å². The Morgan fingerprint density at radius 2 is 2.05 bits per heavy atom. The van der Waals surface area contributed by atoms with Crippen molar-refractivity contribution in [2.45, 2.75) is 31.0 Å². The minimum Gasteiger partial charge on any atom is -0.319 e. The third-order valence-corrected chi connectivity index (χ3v) is 5.70. The molecule has 110 valence electrons. The van der Waals surface area contributed by atoms with E-state index in [0.29, 0.717) is 23.9 Å². The summed E-state index contributed by atoms with van der Waals surface area (Å²) in [6.07, 6.45) is 5.77. The average molecular weight is 282 g/mol. The van der Waals surface area contributed by atoms with Crippen molar-refractivity contribution >= 4 is 6.29 Å². The van der Waals surface area contributed by atoms with E-state index >= 15 is 0 Å². The van der Waals surface area contributed by atoms with E-state index in [9.17, 15) is 4.79 Å². The van der Waals surface area contributed by atoms with E-state index in [1.165, 1.54) is 5.56 Å². The summed E-state index contributed by atoms with van der Waals surface area (Å²) in [6.45, 7) is 3.45. The summed E-state index contributed by atoms with van der Waals surface area (Å²) in [5, 5.41) is 3.37. The molecule has 1 aromatic carbocycles. The molecule has 3 nitrogen and oxygen atoms in total. The molecule has 3 heteroatoms. The van der Waals surface area contributed by atoms with Crippen LogP contribution >= 0.6 is 0 Å². The monoisotopic (exact) mass is 282 g/mol. The normalized spacial score (nSPS) is 40.1. The lowest BCUT2D eigenvalue weighted by Crippen LogP contribution is -2.39. The average Bonchev–Trinajstić information content (AvgIpc) is 3.20. The van der Waals surface area contributed by atoms with E-state index in [1.807, 2.05) is 12.1 Å². The van der Waals surface area contributed by atoms with Gasteiger partial charge in [-0.05, 0) is 36.9 Å². The van der Waals surface area contributed by atoms with Gasteiger partial charge in [0.15, 0.2) is 0 Å². The highest BCUT2D eigenvalue weighted by molar-refractivity contribution is 5.74. The first-order chi connectivity index (χ1) is 10.3. The topological polar surface area (TPSA) is 32.1 Å². The lowest BCUT2D eigenvalue weighted by atomic mass is 9.75. The highest BCUT2D eigenvalue weighted by Crippen LogP contribution is 2.57. The Hall–Kier alpha value is -1.45. The molecule has 4 bridgehead atoms. The van der Waals surface area contributed by atoms with Gasteiger partial charge in [-0.15, -0.1) is 0 Å². The first-order valence-electron chi connectivity index (χ1n) is 7.91. The summed E-state index contributed by atoms with van der Waals surface area (Å²) in [5.74, 6) is 1.93. The maximum absolute atomic E-state index is 10.8. The summed E-state index contributed by atoms with van der Waals surface area (Å²) >= 11 is 0. The third kappa shape index (κ3) is 1.84. The van der Waals surface area contributed by atoms with Gasteiger partial charge >= 0.3 is 0 Å². The minimum atomic E-state index is 0.509. The molecule has 7 unspecified atom stereocenters. The van der Waals surface area contributed by atoms with Crippen LogP contribution < -0.4 is 5.32 Å². The van der Waals surface area contributed by atoms with Gasteiger partial charge in [0.05, 0.1) is 0 Å². The summed E-state index contributed by atoms with van der Waals surface area (Å²) in [7, 11) is 2.05. The molecule has 0 saturated carbocycles. The maximum Gasteiger partial charge on any atom is 0.150 e. The van der Waals surface area contributed by atoms with Crippen LogP contribution in [0.3, 0.4) is 0 Å². The van der Waals surface area contributed by atoms with Crippen LogP contribution in [0.25, 0.3) is 0 Å². The molecule has 1 aliphatic carbocycles. The van der Waals surface area contributed by atoms with E-state index < -0.39 is 0 Å². The molecule has 2 fully saturated rings. The first-order valence-corrected chi connectivity index (χ1v) is 7.91. The van der Waals surface area contributed by atoms with Crippen LogP contribution in [-0.4, -0.2) is 42.9 Å². The predicted molar refractivity (Wildman–Crippen MR) is 83.5 cm³/mol. The molecule has 7 atom stereocenters. The van der Waals surface area contributed by atoms with Crippen molar-refractivity contribution in [2.75, 3.05) is 13.6 Å². The van der Waals surface area contributed by atoms with Crippen molar-refractivity contribution in [1.82, 2.24) is 10.2 Å². The van der Waals surface area contributed by atoms with Gasteiger partial charge in [-0.2, -0.15) is 0 Å². The molecule has 0 aromatic heterocycles. The van der Waals surface area contributed by atoms with E-state index in [2.05, 4.69) is 48.5 Å². The quantitative estimate of drug-likeness (QED) is 0.510. The fraction of sp³-hybridized carbons (Fsp3) is 0.500. The van der Waals surface area contributed by atoms with Crippen LogP contribution in [-0.2, 0) is 0 Å². The van der Waals surface area contributed by atoms with Crippen LogP contribution in [0.15, 0.2) is 36.4 Å². The number of carbonyl (C=O) groups is 1. The van der Waals surface area contributed by atoms with Gasteiger partial charge in [0.2, 0.25) is 0 Å². The van der Waals surface area contributed by atoms with E-state index in [0.717, 1.165) is 30.4 Å². The molecule has 3 aliphatic heterocycles. The number of nitrogens with one attached hydrogen (secondary N) is 1. The highest BCUT2D eigenvalue weighted by atomic mass is 16.1. The van der Waals surface area contributed by atoms with Crippen molar-refractivity contribution < 1.29 is 4.79 Å². The zero-order valence-electron chi connectivity index (χ0n) is 12.6. The van der Waals surface area contributed by atoms with Crippen LogP contribution in [0, 0.1) is 11.8 Å². The zero-order chi connectivity index (χ0) is 14.6. The first kappa shape index (κ1) is 13.2. The fourth-order valence-corrected chi connectivity index (χ4v) is 4.71. The molecule has 5 rings (SSSR count). The number of hydrogen-bond acceptors (Lipinski definition) is 3. The van der Waals surface area contributed by atoms with Crippen molar-refractivity contribution in [3.8, 4) is 0 Å². The molecule has 0 radical (unpaired) electrons. The fourth-order valence-electron chi connectivity index (χ4n) is 4.71. The summed E-state index contributed by atoms with van der Waals surface area (Å²) < 4.78 is 0. The van der Waals surface area contributed by atoms with Gasteiger partial charge in [0, 0.05) is 23.7 Å². The molecule has 4 aliphatic rings. The molecule has 1 aromatic rings. The molecule has 2 saturated heterocycles. The number of piperidine rings is 1. The highest BCUT2D eigenvalue weighted by Gasteiger charge is 2.66. The van der Waals surface area contributed by atoms with E-state index in [4.69, 9.17) is 0 Å². The predicted octanol–water partition coefficient (Wildman–Crippen LogP) is 2.06. The smallest absolute Gasteiger partial charge is 0.150 e.